The van der Waals surface area contributed by atoms with Gasteiger partial charge in [-0.25, -0.2) is 4.98 Å². The molecule has 0 fully saturated rings. The smallest absolute Gasteiger partial charge is 0.372 e. The van der Waals surface area contributed by atoms with Crippen molar-refractivity contribution in [1.29, 1.82) is 0 Å². The minimum atomic E-state index is -0.582. The van der Waals surface area contributed by atoms with Crippen LogP contribution in [0.4, 0.5) is 11.5 Å². The van der Waals surface area contributed by atoms with Crippen LogP contribution in [0.1, 0.15) is 13.8 Å². The number of nitrogens with zero attached hydrogens (tertiary/aromatic N) is 3. The first-order chi connectivity index (χ1) is 8.41. The molecule has 8 heteroatoms. The number of aromatic nitrogens is 2. The van der Waals surface area contributed by atoms with Gasteiger partial charge in [0.25, 0.3) is 5.88 Å². The molecule has 1 rings (SSSR count). The third kappa shape index (κ3) is 3.27. The number of nitro groups is 1. The fraction of sp³-hybridized carbons (Fsp3) is 0.600. The molecule has 0 aliphatic heterocycles. The zero-order chi connectivity index (χ0) is 13.8. The lowest BCUT2D eigenvalue weighted by Gasteiger charge is -2.23. The highest BCUT2D eigenvalue weighted by atomic mass is 16.6. The Morgan fingerprint density at radius 1 is 1.44 bits per heavy atom. The van der Waals surface area contributed by atoms with Gasteiger partial charge in [-0.15, -0.1) is 0 Å². The van der Waals surface area contributed by atoms with E-state index >= 15 is 0 Å². The summed E-state index contributed by atoms with van der Waals surface area (Å²) >= 11 is 0. The number of anilines is 1. The van der Waals surface area contributed by atoms with Gasteiger partial charge >= 0.3 is 5.69 Å². The monoisotopic (exact) mass is 256 g/mol. The molecule has 0 bridgehead atoms. The van der Waals surface area contributed by atoms with Gasteiger partial charge in [0, 0.05) is 13.7 Å². The molecule has 1 N–H and O–H groups in total. The number of rotatable bonds is 6. The molecule has 0 spiro atoms. The molecular formula is C10H16N4O4. The maximum atomic E-state index is 11.0. The summed E-state index contributed by atoms with van der Waals surface area (Å²) in [6, 6.07) is 0. The lowest BCUT2D eigenvalue weighted by atomic mass is 10.1. The Morgan fingerprint density at radius 2 is 2.11 bits per heavy atom. The SMILES string of the molecule is COc1ncnc(NCC(C)(C)OC)c1[N+](=O)[O-]. The summed E-state index contributed by atoms with van der Waals surface area (Å²) in [5, 5.41) is 13.8. The van der Waals surface area contributed by atoms with E-state index in [-0.39, 0.29) is 17.4 Å². The van der Waals surface area contributed by atoms with Gasteiger partial charge < -0.3 is 14.8 Å². The zero-order valence-electron chi connectivity index (χ0n) is 10.8. The Bertz CT molecular complexity index is 436. The summed E-state index contributed by atoms with van der Waals surface area (Å²) < 4.78 is 10.1. The second-order valence-corrected chi connectivity index (χ2v) is 4.15. The van der Waals surface area contributed by atoms with Gasteiger partial charge in [0.15, 0.2) is 0 Å². The van der Waals surface area contributed by atoms with Gasteiger partial charge in [-0.05, 0) is 13.8 Å². The van der Waals surface area contributed by atoms with E-state index in [1.54, 1.807) is 7.11 Å². The predicted octanol–water partition coefficient (Wildman–Crippen LogP) is 1.23. The topological polar surface area (TPSA) is 99.4 Å². The fourth-order valence-electron chi connectivity index (χ4n) is 1.17. The van der Waals surface area contributed by atoms with Crippen LogP contribution in [-0.4, -0.2) is 41.3 Å². The van der Waals surface area contributed by atoms with Crippen molar-refractivity contribution in [3.05, 3.63) is 16.4 Å². The number of nitrogens with one attached hydrogen (secondary N) is 1. The molecule has 8 nitrogen and oxygen atoms in total. The van der Waals surface area contributed by atoms with Crippen molar-refractivity contribution in [3.8, 4) is 5.88 Å². The lowest BCUT2D eigenvalue weighted by molar-refractivity contribution is -0.385. The minimum absolute atomic E-state index is 0.0762. The lowest BCUT2D eigenvalue weighted by Crippen LogP contribution is -2.32. The highest BCUT2D eigenvalue weighted by Gasteiger charge is 2.25. The van der Waals surface area contributed by atoms with E-state index < -0.39 is 10.5 Å². The molecule has 0 aliphatic rings. The molecule has 18 heavy (non-hydrogen) atoms. The van der Waals surface area contributed by atoms with Crippen LogP contribution in [0.2, 0.25) is 0 Å². The van der Waals surface area contributed by atoms with Crippen LogP contribution in [-0.2, 0) is 4.74 Å². The van der Waals surface area contributed by atoms with Crippen molar-refractivity contribution in [2.75, 3.05) is 26.1 Å². The molecule has 1 heterocycles. The molecule has 100 valence electrons. The second-order valence-electron chi connectivity index (χ2n) is 4.15. The number of ether oxygens (including phenoxy) is 2. The van der Waals surface area contributed by atoms with Gasteiger partial charge in [-0.1, -0.05) is 0 Å². The molecule has 0 saturated carbocycles. The largest absolute Gasteiger partial charge is 0.476 e. The van der Waals surface area contributed by atoms with Crippen molar-refractivity contribution in [2.45, 2.75) is 19.4 Å². The van der Waals surface area contributed by atoms with E-state index in [2.05, 4.69) is 15.3 Å². The molecule has 0 unspecified atom stereocenters. The molecule has 0 atom stereocenters. The normalized spacial score (nSPS) is 11.1. The third-order valence-corrected chi connectivity index (χ3v) is 2.40. The summed E-state index contributed by atoms with van der Waals surface area (Å²) in [5.41, 5.74) is -0.751. The molecule has 0 saturated heterocycles. The maximum absolute atomic E-state index is 11.0. The van der Waals surface area contributed by atoms with Crippen molar-refractivity contribution >= 4 is 11.5 Å². The van der Waals surface area contributed by atoms with E-state index in [1.807, 2.05) is 13.8 Å². The van der Waals surface area contributed by atoms with Gasteiger partial charge in [-0.3, -0.25) is 10.1 Å². The van der Waals surface area contributed by atoms with Crippen LogP contribution in [0, 0.1) is 10.1 Å². The summed E-state index contributed by atoms with van der Waals surface area (Å²) in [5.74, 6) is 0.0321. The van der Waals surface area contributed by atoms with Crippen LogP contribution < -0.4 is 10.1 Å². The van der Waals surface area contributed by atoms with Crippen molar-refractivity contribution in [3.63, 3.8) is 0 Å². The highest BCUT2D eigenvalue weighted by Crippen LogP contribution is 2.30. The molecule has 0 aromatic carbocycles. The predicted molar refractivity (Wildman–Crippen MR) is 64.8 cm³/mol. The van der Waals surface area contributed by atoms with Crippen molar-refractivity contribution in [1.82, 2.24) is 9.97 Å². The van der Waals surface area contributed by atoms with Gasteiger partial charge in [-0.2, -0.15) is 4.98 Å². The first-order valence-electron chi connectivity index (χ1n) is 5.23. The van der Waals surface area contributed by atoms with Crippen LogP contribution in [0.25, 0.3) is 0 Å². The van der Waals surface area contributed by atoms with E-state index in [0.717, 1.165) is 0 Å². The number of methoxy groups -OCH3 is 2. The van der Waals surface area contributed by atoms with Crippen molar-refractivity contribution in [2.24, 2.45) is 0 Å². The van der Waals surface area contributed by atoms with E-state index in [9.17, 15) is 10.1 Å². The zero-order valence-corrected chi connectivity index (χ0v) is 10.8. The van der Waals surface area contributed by atoms with Gasteiger partial charge in [0.1, 0.15) is 6.33 Å². The Morgan fingerprint density at radius 3 is 2.61 bits per heavy atom. The molecule has 0 aliphatic carbocycles. The van der Waals surface area contributed by atoms with E-state index in [4.69, 9.17) is 9.47 Å². The average molecular weight is 256 g/mol. The van der Waals surface area contributed by atoms with E-state index in [0.29, 0.717) is 6.54 Å². The third-order valence-electron chi connectivity index (χ3n) is 2.40. The summed E-state index contributed by atoms with van der Waals surface area (Å²) in [7, 11) is 2.88. The summed E-state index contributed by atoms with van der Waals surface area (Å²) in [6.07, 6.45) is 1.20. The molecular weight excluding hydrogens is 240 g/mol. The average Bonchev–Trinajstić information content (AvgIpc) is 2.35. The van der Waals surface area contributed by atoms with Crippen LogP contribution in [0.5, 0.6) is 5.88 Å². The van der Waals surface area contributed by atoms with Crippen LogP contribution in [0.15, 0.2) is 6.33 Å². The highest BCUT2D eigenvalue weighted by molar-refractivity contribution is 5.61. The molecule has 1 aromatic heterocycles. The standard InChI is InChI=1S/C10H16N4O4/c1-10(2,18-4)5-11-8-7(14(15)16)9(17-3)13-6-12-8/h6H,5H2,1-4H3,(H,11,12,13). The second kappa shape index (κ2) is 5.58. The van der Waals surface area contributed by atoms with E-state index in [1.165, 1.54) is 13.4 Å². The Balaban J connectivity index is 2.99. The van der Waals surface area contributed by atoms with Crippen LogP contribution >= 0.6 is 0 Å². The van der Waals surface area contributed by atoms with Crippen molar-refractivity contribution < 1.29 is 14.4 Å². The summed E-state index contributed by atoms with van der Waals surface area (Å²) in [6.45, 7) is 4.07. The molecule has 0 radical (unpaired) electrons. The quantitative estimate of drug-likeness (QED) is 0.603. The first-order valence-corrected chi connectivity index (χ1v) is 5.23. The van der Waals surface area contributed by atoms with Crippen LogP contribution in [0.3, 0.4) is 0 Å². The fourth-order valence-corrected chi connectivity index (χ4v) is 1.17. The summed E-state index contributed by atoms with van der Waals surface area (Å²) in [4.78, 5) is 17.9. The minimum Gasteiger partial charge on any atom is -0.476 e. The Kier molecular flexibility index (Phi) is 4.38. The maximum Gasteiger partial charge on any atom is 0.372 e. The Labute approximate surface area is 104 Å². The number of hydrogen-bond acceptors (Lipinski definition) is 7. The molecule has 1 aromatic rings. The van der Waals surface area contributed by atoms with Gasteiger partial charge in [0.2, 0.25) is 5.82 Å². The molecule has 0 amide bonds. The number of hydrogen-bond donors (Lipinski definition) is 1. The Hall–Kier alpha value is -1.96. The van der Waals surface area contributed by atoms with Gasteiger partial charge in [0.05, 0.1) is 17.6 Å². The first kappa shape index (κ1) is 14.1.